The van der Waals surface area contributed by atoms with Crippen molar-refractivity contribution in [3.05, 3.63) is 53.6 Å². The maximum atomic E-state index is 12.5. The quantitative estimate of drug-likeness (QED) is 0.900. The molecule has 1 N–H and O–H groups in total. The fourth-order valence-electron chi connectivity index (χ4n) is 1.98. The zero-order chi connectivity index (χ0) is 14.9. The zero-order valence-corrected chi connectivity index (χ0v) is 13.1. The molecule has 2 aromatic rings. The van der Waals surface area contributed by atoms with Crippen molar-refractivity contribution in [1.82, 2.24) is 0 Å². The minimum atomic E-state index is -1.35. The van der Waals surface area contributed by atoms with Gasteiger partial charge in [-0.1, -0.05) is 39.0 Å². The molecule has 0 radical (unpaired) electrons. The number of aromatic hydroxyl groups is 1. The number of phenols is 1. The van der Waals surface area contributed by atoms with Crippen LogP contribution in [0, 0.1) is 6.92 Å². The largest absolute Gasteiger partial charge is 0.507 e. The summed E-state index contributed by atoms with van der Waals surface area (Å²) in [7, 11) is -1.35. The molecule has 0 amide bonds. The van der Waals surface area contributed by atoms with Crippen molar-refractivity contribution in [3.63, 3.8) is 0 Å². The van der Waals surface area contributed by atoms with Gasteiger partial charge in [0.1, 0.15) is 5.75 Å². The first-order valence-electron chi connectivity index (χ1n) is 6.61. The van der Waals surface area contributed by atoms with Crippen molar-refractivity contribution in [3.8, 4) is 5.75 Å². The lowest BCUT2D eigenvalue weighted by molar-refractivity contribution is 0.461. The molecular formula is C17H20O2S. The van der Waals surface area contributed by atoms with Crippen LogP contribution in [-0.4, -0.2) is 9.32 Å². The van der Waals surface area contributed by atoms with Crippen LogP contribution < -0.4 is 0 Å². The smallest absolute Gasteiger partial charge is 0.132 e. The summed E-state index contributed by atoms with van der Waals surface area (Å²) in [6.45, 7) is 8.35. The summed E-state index contributed by atoms with van der Waals surface area (Å²) in [4.78, 5) is 1.17. The Kier molecular flexibility index (Phi) is 4.00. The van der Waals surface area contributed by atoms with Crippen LogP contribution in [0.2, 0.25) is 0 Å². The predicted molar refractivity (Wildman–Crippen MR) is 82.7 cm³/mol. The van der Waals surface area contributed by atoms with E-state index in [0.29, 0.717) is 9.79 Å². The van der Waals surface area contributed by atoms with Gasteiger partial charge in [-0.2, -0.15) is 0 Å². The maximum Gasteiger partial charge on any atom is 0.132 e. The number of phenolic OH excluding ortho intramolecular Hbond substituents is 1. The third kappa shape index (κ3) is 3.10. The molecule has 106 valence electrons. The van der Waals surface area contributed by atoms with Crippen LogP contribution >= 0.6 is 0 Å². The summed E-state index contributed by atoms with van der Waals surface area (Å²) >= 11 is 0. The van der Waals surface area contributed by atoms with E-state index in [2.05, 4.69) is 20.8 Å². The molecule has 2 aromatic carbocycles. The van der Waals surface area contributed by atoms with Gasteiger partial charge in [-0.05, 0) is 47.7 Å². The fourth-order valence-corrected chi connectivity index (χ4v) is 3.16. The summed E-state index contributed by atoms with van der Waals surface area (Å²) < 4.78 is 12.5. The maximum absolute atomic E-state index is 12.5. The molecule has 0 aliphatic heterocycles. The second-order valence-electron chi connectivity index (χ2n) is 6.01. The molecule has 0 saturated carbocycles. The molecule has 20 heavy (non-hydrogen) atoms. The van der Waals surface area contributed by atoms with Crippen LogP contribution in [0.15, 0.2) is 52.3 Å². The van der Waals surface area contributed by atoms with Gasteiger partial charge in [0.25, 0.3) is 0 Å². The highest BCUT2D eigenvalue weighted by atomic mass is 32.2. The first-order chi connectivity index (χ1) is 9.29. The highest BCUT2D eigenvalue weighted by Gasteiger charge is 2.16. The van der Waals surface area contributed by atoms with Crippen LogP contribution in [0.1, 0.15) is 31.9 Å². The van der Waals surface area contributed by atoms with E-state index in [1.807, 2.05) is 31.2 Å². The van der Waals surface area contributed by atoms with Gasteiger partial charge < -0.3 is 5.11 Å². The van der Waals surface area contributed by atoms with Crippen molar-refractivity contribution < 1.29 is 9.32 Å². The second-order valence-corrected chi connectivity index (χ2v) is 7.46. The molecule has 0 heterocycles. The van der Waals surface area contributed by atoms with E-state index in [4.69, 9.17) is 0 Å². The highest BCUT2D eigenvalue weighted by molar-refractivity contribution is 7.85. The average molecular weight is 288 g/mol. The monoisotopic (exact) mass is 288 g/mol. The van der Waals surface area contributed by atoms with E-state index >= 15 is 0 Å². The molecule has 0 aliphatic rings. The summed E-state index contributed by atoms with van der Waals surface area (Å²) in [6.07, 6.45) is 0. The standard InChI is InChI=1S/C17H20O2S/c1-12-5-10-15(18)16(11-12)20(19)14-8-6-13(7-9-14)17(2,3)4/h5-11,18H,1-4H3. The van der Waals surface area contributed by atoms with Gasteiger partial charge in [0.05, 0.1) is 15.7 Å². The van der Waals surface area contributed by atoms with E-state index < -0.39 is 10.8 Å². The normalized spacial score (nSPS) is 13.2. The van der Waals surface area contributed by atoms with Crippen LogP contribution in [0.3, 0.4) is 0 Å². The number of benzene rings is 2. The molecule has 0 aromatic heterocycles. The topological polar surface area (TPSA) is 37.3 Å². The molecule has 2 rings (SSSR count). The van der Waals surface area contributed by atoms with E-state index in [9.17, 15) is 9.32 Å². The summed E-state index contributed by atoms with van der Waals surface area (Å²) in [5, 5.41) is 9.86. The van der Waals surface area contributed by atoms with Gasteiger partial charge in [0.15, 0.2) is 0 Å². The number of aryl methyl sites for hydroxylation is 1. The zero-order valence-electron chi connectivity index (χ0n) is 12.3. The van der Waals surface area contributed by atoms with Crippen molar-refractivity contribution in [1.29, 1.82) is 0 Å². The molecule has 0 bridgehead atoms. The highest BCUT2D eigenvalue weighted by Crippen LogP contribution is 2.28. The van der Waals surface area contributed by atoms with Crippen LogP contribution in [0.5, 0.6) is 5.75 Å². The lowest BCUT2D eigenvalue weighted by atomic mass is 9.87. The van der Waals surface area contributed by atoms with E-state index in [1.165, 1.54) is 5.56 Å². The Balaban J connectivity index is 2.37. The van der Waals surface area contributed by atoms with Gasteiger partial charge in [0, 0.05) is 4.90 Å². The number of hydrogen-bond acceptors (Lipinski definition) is 2. The van der Waals surface area contributed by atoms with Crippen LogP contribution in [0.25, 0.3) is 0 Å². The summed E-state index contributed by atoms with van der Waals surface area (Å²) in [5.41, 5.74) is 2.26. The van der Waals surface area contributed by atoms with Gasteiger partial charge >= 0.3 is 0 Å². The first-order valence-corrected chi connectivity index (χ1v) is 7.76. The Labute approximate surface area is 122 Å². The van der Waals surface area contributed by atoms with Crippen LogP contribution in [-0.2, 0) is 16.2 Å². The molecule has 1 unspecified atom stereocenters. The molecule has 1 atom stereocenters. The van der Waals surface area contributed by atoms with E-state index in [1.54, 1.807) is 18.2 Å². The molecule has 0 spiro atoms. The van der Waals surface area contributed by atoms with Crippen molar-refractivity contribution in [2.45, 2.75) is 42.9 Å². The van der Waals surface area contributed by atoms with Crippen molar-refractivity contribution in [2.24, 2.45) is 0 Å². The van der Waals surface area contributed by atoms with Gasteiger partial charge in [0.2, 0.25) is 0 Å². The van der Waals surface area contributed by atoms with Gasteiger partial charge in [-0.25, -0.2) is 4.21 Å². The minimum Gasteiger partial charge on any atom is -0.507 e. The molecule has 0 saturated heterocycles. The van der Waals surface area contributed by atoms with E-state index in [-0.39, 0.29) is 11.2 Å². The lowest BCUT2D eigenvalue weighted by Crippen LogP contribution is -2.10. The number of rotatable bonds is 2. The molecule has 0 fully saturated rings. The third-order valence-electron chi connectivity index (χ3n) is 3.25. The van der Waals surface area contributed by atoms with Crippen LogP contribution in [0.4, 0.5) is 0 Å². The Bertz CT molecular complexity index is 637. The first kappa shape index (κ1) is 14.8. The molecule has 2 nitrogen and oxygen atoms in total. The Hall–Kier alpha value is -1.61. The van der Waals surface area contributed by atoms with Crippen molar-refractivity contribution >= 4 is 10.8 Å². The molecular weight excluding hydrogens is 268 g/mol. The molecule has 3 heteroatoms. The fraction of sp³-hybridized carbons (Fsp3) is 0.294. The Morgan fingerprint density at radius 1 is 1.00 bits per heavy atom. The second kappa shape index (κ2) is 5.41. The van der Waals surface area contributed by atoms with Gasteiger partial charge in [-0.3, -0.25) is 0 Å². The summed E-state index contributed by atoms with van der Waals surface area (Å²) in [6, 6.07) is 12.9. The van der Waals surface area contributed by atoms with Gasteiger partial charge in [-0.15, -0.1) is 0 Å². The van der Waals surface area contributed by atoms with Crippen molar-refractivity contribution in [2.75, 3.05) is 0 Å². The number of hydrogen-bond donors (Lipinski definition) is 1. The Morgan fingerprint density at radius 2 is 1.60 bits per heavy atom. The van der Waals surface area contributed by atoms with E-state index in [0.717, 1.165) is 5.56 Å². The SMILES string of the molecule is Cc1ccc(O)c(S(=O)c2ccc(C(C)(C)C)cc2)c1. The lowest BCUT2D eigenvalue weighted by Gasteiger charge is -2.19. The average Bonchev–Trinajstić information content (AvgIpc) is 2.40. The summed E-state index contributed by atoms with van der Waals surface area (Å²) in [5.74, 6) is 0.0776. The Morgan fingerprint density at radius 3 is 2.15 bits per heavy atom. The predicted octanol–water partition coefficient (Wildman–Crippen LogP) is 4.16. The minimum absolute atomic E-state index is 0.0749. The third-order valence-corrected chi connectivity index (χ3v) is 4.68. The molecule has 0 aliphatic carbocycles.